The normalized spacial score (nSPS) is 9.97. The van der Waals surface area contributed by atoms with Crippen LogP contribution in [0.1, 0.15) is 5.56 Å². The topological polar surface area (TPSA) is 103 Å². The third-order valence-electron chi connectivity index (χ3n) is 3.59. The smallest absolute Gasteiger partial charge is 0.325 e. The average molecular weight is 400 g/mol. The number of esters is 1. The predicted octanol–water partition coefficient (Wildman–Crippen LogP) is 1.23. The van der Waals surface area contributed by atoms with Crippen LogP contribution in [-0.2, 0) is 19.1 Å². The van der Waals surface area contributed by atoms with Gasteiger partial charge in [-0.2, -0.15) is 0 Å². The van der Waals surface area contributed by atoms with Gasteiger partial charge in [0.25, 0.3) is 11.8 Å². The first-order valence-electron chi connectivity index (χ1n) is 9.09. The van der Waals surface area contributed by atoms with E-state index in [4.69, 9.17) is 14.2 Å². The Balaban J connectivity index is 1.51. The molecule has 2 N–H and O–H groups in total. The third kappa shape index (κ3) is 9.28. The van der Waals surface area contributed by atoms with E-state index in [9.17, 15) is 14.4 Å². The van der Waals surface area contributed by atoms with Crippen molar-refractivity contribution in [2.24, 2.45) is 0 Å². The molecule has 0 saturated heterocycles. The van der Waals surface area contributed by atoms with Crippen molar-refractivity contribution in [1.82, 2.24) is 10.6 Å². The molecule has 0 spiro atoms. The first kappa shape index (κ1) is 21.7. The number of hydrogen-bond acceptors (Lipinski definition) is 6. The van der Waals surface area contributed by atoms with Gasteiger partial charge < -0.3 is 24.8 Å². The van der Waals surface area contributed by atoms with E-state index in [2.05, 4.69) is 10.6 Å². The molecule has 0 aliphatic rings. The minimum Gasteiger partial charge on any atom is -0.492 e. The zero-order chi connectivity index (χ0) is 20.9. The Morgan fingerprint density at radius 2 is 1.55 bits per heavy atom. The number of carbonyl (C=O) groups excluding carboxylic acids is 3. The van der Waals surface area contributed by atoms with Gasteiger partial charge in [0.2, 0.25) is 0 Å². The van der Waals surface area contributed by atoms with Gasteiger partial charge in [0.05, 0.1) is 6.54 Å². The minimum absolute atomic E-state index is 0.223. The number of benzene rings is 2. The molecule has 2 amide bonds. The summed E-state index contributed by atoms with van der Waals surface area (Å²) in [6.45, 7) is 1.53. The summed E-state index contributed by atoms with van der Waals surface area (Å²) in [5.41, 5.74) is 1.08. The van der Waals surface area contributed by atoms with Crippen molar-refractivity contribution in [3.05, 3.63) is 60.2 Å². The predicted molar refractivity (Wildman–Crippen MR) is 106 cm³/mol. The van der Waals surface area contributed by atoms with Crippen molar-refractivity contribution in [2.75, 3.05) is 32.9 Å². The lowest BCUT2D eigenvalue weighted by Gasteiger charge is -2.09. The number of nitrogens with one attached hydrogen (secondary N) is 2. The molecule has 0 saturated carbocycles. The maximum Gasteiger partial charge on any atom is 0.325 e. The van der Waals surface area contributed by atoms with Crippen LogP contribution in [-0.4, -0.2) is 50.7 Å². The Kier molecular flexibility index (Phi) is 9.01. The molecule has 2 aromatic carbocycles. The first-order chi connectivity index (χ1) is 14.0. The molecule has 0 bridgehead atoms. The fraction of sp³-hybridized carbons (Fsp3) is 0.286. The molecule has 0 aliphatic heterocycles. The maximum atomic E-state index is 11.7. The molecule has 8 heteroatoms. The van der Waals surface area contributed by atoms with Crippen molar-refractivity contribution in [3.8, 4) is 11.5 Å². The number of hydrogen-bond donors (Lipinski definition) is 2. The van der Waals surface area contributed by atoms with Gasteiger partial charge in [-0.1, -0.05) is 30.3 Å². The number of carbonyl (C=O) groups is 3. The SMILES string of the molecule is Cc1cccc(OCCNC(=O)COC(=O)CNC(=O)COc2ccccc2)c1. The summed E-state index contributed by atoms with van der Waals surface area (Å²) < 4.78 is 15.6. The van der Waals surface area contributed by atoms with Gasteiger partial charge in [-0.25, -0.2) is 0 Å². The summed E-state index contributed by atoms with van der Waals surface area (Å²) in [6, 6.07) is 16.4. The summed E-state index contributed by atoms with van der Waals surface area (Å²) in [6.07, 6.45) is 0. The number of amides is 2. The lowest BCUT2D eigenvalue weighted by molar-refractivity contribution is -0.148. The highest BCUT2D eigenvalue weighted by Crippen LogP contribution is 2.11. The van der Waals surface area contributed by atoms with Gasteiger partial charge in [-0.05, 0) is 36.8 Å². The molecule has 2 aromatic rings. The van der Waals surface area contributed by atoms with Crippen LogP contribution < -0.4 is 20.1 Å². The van der Waals surface area contributed by atoms with Gasteiger partial charge in [0.15, 0.2) is 13.2 Å². The molecule has 0 aliphatic carbocycles. The molecule has 0 atom stereocenters. The quantitative estimate of drug-likeness (QED) is 0.434. The fourth-order valence-corrected chi connectivity index (χ4v) is 2.20. The average Bonchev–Trinajstić information content (AvgIpc) is 2.73. The van der Waals surface area contributed by atoms with Gasteiger partial charge in [0.1, 0.15) is 24.7 Å². The van der Waals surface area contributed by atoms with Gasteiger partial charge in [-0.3, -0.25) is 14.4 Å². The summed E-state index contributed by atoms with van der Waals surface area (Å²) in [4.78, 5) is 34.9. The van der Waals surface area contributed by atoms with Crippen LogP contribution in [0.2, 0.25) is 0 Å². The van der Waals surface area contributed by atoms with E-state index in [1.807, 2.05) is 37.3 Å². The second-order valence-electron chi connectivity index (χ2n) is 6.05. The second kappa shape index (κ2) is 12.0. The molecule has 29 heavy (non-hydrogen) atoms. The summed E-state index contributed by atoms with van der Waals surface area (Å²) in [5, 5.41) is 4.94. The fourth-order valence-electron chi connectivity index (χ4n) is 2.20. The van der Waals surface area contributed by atoms with Crippen molar-refractivity contribution in [1.29, 1.82) is 0 Å². The van der Waals surface area contributed by atoms with Crippen LogP contribution in [0.25, 0.3) is 0 Å². The molecular formula is C21H24N2O6. The zero-order valence-corrected chi connectivity index (χ0v) is 16.2. The van der Waals surface area contributed by atoms with Crippen molar-refractivity contribution >= 4 is 17.8 Å². The number of aryl methyl sites for hydroxylation is 1. The van der Waals surface area contributed by atoms with Crippen LogP contribution in [0.3, 0.4) is 0 Å². The third-order valence-corrected chi connectivity index (χ3v) is 3.59. The lowest BCUT2D eigenvalue weighted by atomic mass is 10.2. The van der Waals surface area contributed by atoms with Gasteiger partial charge in [0, 0.05) is 0 Å². The molecule has 2 rings (SSSR count). The van der Waals surface area contributed by atoms with Crippen LogP contribution in [0.15, 0.2) is 54.6 Å². The number of para-hydroxylation sites is 1. The molecule has 0 radical (unpaired) electrons. The van der Waals surface area contributed by atoms with Crippen molar-refractivity contribution < 1.29 is 28.6 Å². The van der Waals surface area contributed by atoms with Gasteiger partial charge >= 0.3 is 5.97 Å². The Labute approximate surface area is 169 Å². The summed E-state index contributed by atoms with van der Waals surface area (Å²) in [7, 11) is 0. The largest absolute Gasteiger partial charge is 0.492 e. The molecular weight excluding hydrogens is 376 g/mol. The van der Waals surface area contributed by atoms with E-state index in [0.717, 1.165) is 11.3 Å². The minimum atomic E-state index is -0.718. The van der Waals surface area contributed by atoms with E-state index in [1.54, 1.807) is 24.3 Å². The Morgan fingerprint density at radius 1 is 0.828 bits per heavy atom. The zero-order valence-electron chi connectivity index (χ0n) is 16.2. The van der Waals surface area contributed by atoms with Crippen LogP contribution in [0.4, 0.5) is 0 Å². The van der Waals surface area contributed by atoms with E-state index in [-0.39, 0.29) is 19.7 Å². The van der Waals surface area contributed by atoms with Crippen LogP contribution in [0, 0.1) is 6.92 Å². The Bertz CT molecular complexity index is 810. The summed E-state index contributed by atoms with van der Waals surface area (Å²) >= 11 is 0. The van der Waals surface area contributed by atoms with Crippen molar-refractivity contribution in [3.63, 3.8) is 0 Å². The highest BCUT2D eigenvalue weighted by molar-refractivity contribution is 5.84. The van der Waals surface area contributed by atoms with Crippen LogP contribution >= 0.6 is 0 Å². The molecule has 0 heterocycles. The van der Waals surface area contributed by atoms with Crippen molar-refractivity contribution in [2.45, 2.75) is 6.92 Å². The molecule has 8 nitrogen and oxygen atoms in total. The first-order valence-corrected chi connectivity index (χ1v) is 9.09. The van der Waals surface area contributed by atoms with Gasteiger partial charge in [-0.15, -0.1) is 0 Å². The number of ether oxygens (including phenoxy) is 3. The molecule has 0 aromatic heterocycles. The Hall–Kier alpha value is -3.55. The highest BCUT2D eigenvalue weighted by atomic mass is 16.5. The molecule has 0 fully saturated rings. The highest BCUT2D eigenvalue weighted by Gasteiger charge is 2.10. The Morgan fingerprint density at radius 3 is 2.31 bits per heavy atom. The lowest BCUT2D eigenvalue weighted by Crippen LogP contribution is -2.36. The standard InChI is InChI=1S/C21H24N2O6/c1-16-6-5-9-18(12-16)27-11-10-22-19(24)15-29-21(26)13-23-20(25)14-28-17-7-3-2-4-8-17/h2-9,12H,10-11,13-15H2,1H3,(H,22,24)(H,23,25). The summed E-state index contributed by atoms with van der Waals surface area (Å²) in [5.74, 6) is -0.372. The maximum absolute atomic E-state index is 11.7. The van der Waals surface area contributed by atoms with Crippen LogP contribution in [0.5, 0.6) is 11.5 Å². The number of rotatable bonds is 11. The van der Waals surface area contributed by atoms with E-state index < -0.39 is 24.4 Å². The monoisotopic (exact) mass is 400 g/mol. The van der Waals surface area contributed by atoms with E-state index in [0.29, 0.717) is 12.4 Å². The molecule has 0 unspecified atom stereocenters. The second-order valence-corrected chi connectivity index (χ2v) is 6.05. The van der Waals surface area contributed by atoms with E-state index in [1.165, 1.54) is 0 Å². The van der Waals surface area contributed by atoms with E-state index >= 15 is 0 Å². The molecule has 154 valence electrons.